The highest BCUT2D eigenvalue weighted by Crippen LogP contribution is 2.22. The van der Waals surface area contributed by atoms with Gasteiger partial charge in [0.1, 0.15) is 16.6 Å². The van der Waals surface area contributed by atoms with Crippen molar-refractivity contribution >= 4 is 34.5 Å². The summed E-state index contributed by atoms with van der Waals surface area (Å²) in [6, 6.07) is 7.50. The van der Waals surface area contributed by atoms with E-state index >= 15 is 0 Å². The van der Waals surface area contributed by atoms with Crippen LogP contribution in [0.15, 0.2) is 24.3 Å². The molecular weight excluding hydrogens is 328 g/mol. The molecule has 1 unspecified atom stereocenters. The number of fused-ring (bicyclic) bond motifs is 1. The number of hydrogen-bond donors (Lipinski definition) is 1. The normalized spacial score (nSPS) is 18.0. The second-order valence-electron chi connectivity index (χ2n) is 6.92. The zero-order chi connectivity index (χ0) is 17.3. The van der Waals surface area contributed by atoms with Crippen molar-refractivity contribution in [3.05, 3.63) is 29.4 Å². The van der Waals surface area contributed by atoms with E-state index < -0.39 is 5.60 Å². The van der Waals surface area contributed by atoms with Gasteiger partial charge in [0.05, 0.1) is 17.1 Å². The van der Waals surface area contributed by atoms with Crippen LogP contribution >= 0.6 is 11.6 Å². The number of aromatic nitrogens is 2. The molecule has 0 radical (unpaired) electrons. The molecule has 0 bridgehead atoms. The Morgan fingerprint density at radius 2 is 1.96 bits per heavy atom. The van der Waals surface area contributed by atoms with Gasteiger partial charge in [0, 0.05) is 13.1 Å². The van der Waals surface area contributed by atoms with Gasteiger partial charge in [-0.2, -0.15) is 0 Å². The molecule has 128 valence electrons. The Labute approximate surface area is 146 Å². The lowest BCUT2D eigenvalue weighted by molar-refractivity contribution is 0.0509. The molecule has 2 aromatic rings. The van der Waals surface area contributed by atoms with Crippen molar-refractivity contribution in [3.8, 4) is 0 Å². The van der Waals surface area contributed by atoms with E-state index in [9.17, 15) is 4.79 Å². The molecule has 3 rings (SSSR count). The number of rotatable bonds is 2. The molecule has 24 heavy (non-hydrogen) atoms. The molecule has 1 aliphatic heterocycles. The molecule has 1 N–H and O–H groups in total. The van der Waals surface area contributed by atoms with Crippen LogP contribution in [0.25, 0.3) is 11.0 Å². The SMILES string of the molecule is CC(C)(C)OC(=O)NC1CCN(c2ccc3nc(Cl)ccc3n2)C1. The molecule has 2 aromatic heterocycles. The lowest BCUT2D eigenvalue weighted by atomic mass is 10.2. The third-order valence-corrected chi connectivity index (χ3v) is 3.94. The topological polar surface area (TPSA) is 67.3 Å². The minimum atomic E-state index is -0.490. The molecule has 0 aromatic carbocycles. The number of carbonyl (C=O) groups is 1. The van der Waals surface area contributed by atoms with Crippen LogP contribution in [0.3, 0.4) is 0 Å². The molecule has 7 heteroatoms. The van der Waals surface area contributed by atoms with Crippen molar-refractivity contribution < 1.29 is 9.53 Å². The number of pyridine rings is 2. The number of anilines is 1. The molecule has 0 spiro atoms. The third kappa shape index (κ3) is 4.06. The molecule has 1 amide bonds. The van der Waals surface area contributed by atoms with Gasteiger partial charge >= 0.3 is 6.09 Å². The summed E-state index contributed by atoms with van der Waals surface area (Å²) in [6.45, 7) is 7.10. The van der Waals surface area contributed by atoms with E-state index in [1.807, 2.05) is 39.0 Å². The number of alkyl carbamates (subject to hydrolysis) is 1. The fourth-order valence-corrected chi connectivity index (χ4v) is 2.86. The predicted molar refractivity (Wildman–Crippen MR) is 94.5 cm³/mol. The van der Waals surface area contributed by atoms with Crippen LogP contribution in [0.1, 0.15) is 27.2 Å². The maximum atomic E-state index is 11.9. The third-order valence-electron chi connectivity index (χ3n) is 3.73. The number of hydrogen-bond acceptors (Lipinski definition) is 5. The largest absolute Gasteiger partial charge is 0.444 e. The number of ether oxygens (including phenoxy) is 1. The van der Waals surface area contributed by atoms with Gasteiger partial charge in [0.2, 0.25) is 0 Å². The van der Waals surface area contributed by atoms with Gasteiger partial charge in [-0.15, -0.1) is 0 Å². The Morgan fingerprint density at radius 1 is 1.25 bits per heavy atom. The van der Waals surface area contributed by atoms with Crippen LogP contribution in [-0.4, -0.2) is 40.8 Å². The van der Waals surface area contributed by atoms with E-state index in [1.165, 1.54) is 0 Å². The summed E-state index contributed by atoms with van der Waals surface area (Å²) >= 11 is 5.90. The van der Waals surface area contributed by atoms with E-state index in [1.54, 1.807) is 6.07 Å². The van der Waals surface area contributed by atoms with Crippen molar-refractivity contribution in [1.29, 1.82) is 0 Å². The fourth-order valence-electron chi connectivity index (χ4n) is 2.71. The molecular formula is C17H21ClN4O2. The first-order valence-electron chi connectivity index (χ1n) is 7.98. The molecule has 1 atom stereocenters. The van der Waals surface area contributed by atoms with E-state index in [4.69, 9.17) is 16.3 Å². The first-order valence-corrected chi connectivity index (χ1v) is 8.36. The number of halogens is 1. The molecule has 1 aliphatic rings. The number of carbonyl (C=O) groups excluding carboxylic acids is 1. The summed E-state index contributed by atoms with van der Waals surface area (Å²) in [5.41, 5.74) is 1.09. The zero-order valence-electron chi connectivity index (χ0n) is 14.0. The Bertz CT molecular complexity index is 760. The number of amides is 1. The highest BCUT2D eigenvalue weighted by atomic mass is 35.5. The van der Waals surface area contributed by atoms with Crippen molar-refractivity contribution in [3.63, 3.8) is 0 Å². The standard InChI is InChI=1S/C17H21ClN4O2/c1-17(2,3)24-16(23)19-11-8-9-22(10-11)15-7-5-12-13(21-15)4-6-14(18)20-12/h4-7,11H,8-10H2,1-3H3,(H,19,23). The average molecular weight is 349 g/mol. The van der Waals surface area contributed by atoms with E-state index in [2.05, 4.69) is 20.2 Å². The van der Waals surface area contributed by atoms with Gasteiger partial charge < -0.3 is 15.0 Å². The van der Waals surface area contributed by atoms with Gasteiger partial charge in [-0.25, -0.2) is 14.8 Å². The molecule has 1 fully saturated rings. The smallest absolute Gasteiger partial charge is 0.407 e. The van der Waals surface area contributed by atoms with Gasteiger partial charge in [0.15, 0.2) is 0 Å². The van der Waals surface area contributed by atoms with Crippen LogP contribution in [0.4, 0.5) is 10.6 Å². The molecule has 0 saturated carbocycles. The van der Waals surface area contributed by atoms with Crippen molar-refractivity contribution in [2.24, 2.45) is 0 Å². The quantitative estimate of drug-likeness (QED) is 0.842. The van der Waals surface area contributed by atoms with Gasteiger partial charge in [-0.3, -0.25) is 0 Å². The van der Waals surface area contributed by atoms with Gasteiger partial charge in [-0.1, -0.05) is 11.6 Å². The summed E-state index contributed by atoms with van der Waals surface area (Å²) in [7, 11) is 0. The summed E-state index contributed by atoms with van der Waals surface area (Å²) in [4.78, 5) is 22.9. The Kier molecular flexibility index (Phi) is 4.49. The molecule has 1 saturated heterocycles. The number of nitrogens with zero attached hydrogens (tertiary/aromatic N) is 3. The summed E-state index contributed by atoms with van der Waals surface area (Å²) < 4.78 is 5.30. The number of nitrogens with one attached hydrogen (secondary N) is 1. The van der Waals surface area contributed by atoms with Crippen molar-refractivity contribution in [1.82, 2.24) is 15.3 Å². The van der Waals surface area contributed by atoms with Crippen LogP contribution in [0.5, 0.6) is 0 Å². The monoisotopic (exact) mass is 348 g/mol. The Hall–Kier alpha value is -2.08. The second-order valence-corrected chi connectivity index (χ2v) is 7.31. The minimum Gasteiger partial charge on any atom is -0.444 e. The van der Waals surface area contributed by atoms with Crippen LogP contribution in [-0.2, 0) is 4.74 Å². The molecule has 0 aliphatic carbocycles. The lowest BCUT2D eigenvalue weighted by Crippen LogP contribution is -2.40. The van der Waals surface area contributed by atoms with Crippen LogP contribution < -0.4 is 10.2 Å². The predicted octanol–water partition coefficient (Wildman–Crippen LogP) is 3.39. The summed E-state index contributed by atoms with van der Waals surface area (Å²) in [5.74, 6) is 0.875. The van der Waals surface area contributed by atoms with E-state index in [0.717, 1.165) is 29.8 Å². The Morgan fingerprint density at radius 3 is 2.71 bits per heavy atom. The summed E-state index contributed by atoms with van der Waals surface area (Å²) in [6.07, 6.45) is 0.484. The second kappa shape index (κ2) is 6.43. The maximum absolute atomic E-state index is 11.9. The lowest BCUT2D eigenvalue weighted by Gasteiger charge is -2.22. The van der Waals surface area contributed by atoms with Crippen molar-refractivity contribution in [2.75, 3.05) is 18.0 Å². The van der Waals surface area contributed by atoms with E-state index in [-0.39, 0.29) is 12.1 Å². The minimum absolute atomic E-state index is 0.0562. The first-order chi connectivity index (χ1) is 11.3. The highest BCUT2D eigenvalue weighted by Gasteiger charge is 2.27. The maximum Gasteiger partial charge on any atom is 0.407 e. The van der Waals surface area contributed by atoms with Gasteiger partial charge in [0.25, 0.3) is 0 Å². The molecule has 3 heterocycles. The van der Waals surface area contributed by atoms with Crippen LogP contribution in [0, 0.1) is 0 Å². The molecule has 6 nitrogen and oxygen atoms in total. The fraction of sp³-hybridized carbons (Fsp3) is 0.471. The van der Waals surface area contributed by atoms with E-state index in [0.29, 0.717) is 11.7 Å². The van der Waals surface area contributed by atoms with Crippen LogP contribution in [0.2, 0.25) is 5.15 Å². The average Bonchev–Trinajstić information content (AvgIpc) is 2.93. The zero-order valence-corrected chi connectivity index (χ0v) is 14.8. The summed E-state index contributed by atoms with van der Waals surface area (Å²) in [5, 5.41) is 3.38. The highest BCUT2D eigenvalue weighted by molar-refractivity contribution is 6.29. The Balaban J connectivity index is 1.65. The first kappa shape index (κ1) is 16.8. The van der Waals surface area contributed by atoms with Crippen molar-refractivity contribution in [2.45, 2.75) is 38.8 Å². The van der Waals surface area contributed by atoms with Gasteiger partial charge in [-0.05, 0) is 51.5 Å².